The van der Waals surface area contributed by atoms with Gasteiger partial charge in [0.25, 0.3) is 0 Å². The Morgan fingerprint density at radius 1 is 1.28 bits per heavy atom. The van der Waals surface area contributed by atoms with E-state index in [0.29, 0.717) is 28.2 Å². The lowest BCUT2D eigenvalue weighted by Gasteiger charge is -2.19. The highest BCUT2D eigenvalue weighted by Crippen LogP contribution is 2.30. The van der Waals surface area contributed by atoms with Gasteiger partial charge in [0.1, 0.15) is 22.5 Å². The monoisotopic (exact) mass is 415 g/mol. The lowest BCUT2D eigenvalue weighted by atomic mass is 10.2. The summed E-state index contributed by atoms with van der Waals surface area (Å²) < 4.78 is 43.3. The summed E-state index contributed by atoms with van der Waals surface area (Å²) in [5.41, 5.74) is 1.30. The van der Waals surface area contributed by atoms with Crippen LogP contribution in [0.1, 0.15) is 5.56 Å². The Bertz CT molecular complexity index is 912. The summed E-state index contributed by atoms with van der Waals surface area (Å²) in [5, 5.41) is 4.99. The molecule has 0 spiro atoms. The molecule has 0 aliphatic heterocycles. The van der Waals surface area contributed by atoms with Crippen LogP contribution in [0.2, 0.25) is 0 Å². The smallest absolute Gasteiger partial charge is 0.406 e. The molecule has 0 N–H and O–H groups in total. The fraction of sp³-hybridized carbons (Fsp3) is 0.267. The van der Waals surface area contributed by atoms with Gasteiger partial charge >= 0.3 is 6.36 Å². The summed E-state index contributed by atoms with van der Waals surface area (Å²) in [4.78, 5) is 10.3. The normalized spacial score (nSPS) is 11.8. The number of aromatic nitrogens is 4. The summed E-state index contributed by atoms with van der Waals surface area (Å²) in [6.07, 6.45) is -3.30. The topological polar surface area (TPSA) is 56.1 Å². The molecule has 132 valence electrons. The fourth-order valence-electron chi connectivity index (χ4n) is 2.51. The van der Waals surface area contributed by atoms with Gasteiger partial charge in [0.05, 0.1) is 5.39 Å². The third kappa shape index (κ3) is 3.84. The van der Waals surface area contributed by atoms with E-state index in [2.05, 4.69) is 35.7 Å². The third-order valence-corrected chi connectivity index (χ3v) is 4.03. The predicted molar refractivity (Wildman–Crippen MR) is 89.2 cm³/mol. The van der Waals surface area contributed by atoms with E-state index in [4.69, 9.17) is 0 Å². The number of fused-ring (bicyclic) bond motifs is 1. The summed E-state index contributed by atoms with van der Waals surface area (Å²) in [5.74, 6) is 0.362. The molecule has 0 bridgehead atoms. The van der Waals surface area contributed by atoms with Crippen LogP contribution in [-0.2, 0) is 13.6 Å². The number of benzene rings is 1. The number of nitrogens with zero attached hydrogens (tertiary/aromatic N) is 5. The van der Waals surface area contributed by atoms with Crippen LogP contribution in [0.15, 0.2) is 35.2 Å². The molecule has 0 atom stereocenters. The molecule has 0 aliphatic rings. The standard InChI is InChI=1S/C15H13BrF3N5O/c1-23(7-9-4-3-5-10(6-9)25-15(17,18)19)13-11-12(16)22-24(2)14(11)21-8-20-13/h3-6,8H,7H2,1-2H3. The van der Waals surface area contributed by atoms with Crippen LogP contribution in [0.4, 0.5) is 19.0 Å². The van der Waals surface area contributed by atoms with Crippen molar-refractivity contribution in [3.8, 4) is 5.75 Å². The van der Waals surface area contributed by atoms with E-state index in [1.54, 1.807) is 24.8 Å². The lowest BCUT2D eigenvalue weighted by Crippen LogP contribution is -2.19. The third-order valence-electron chi connectivity index (χ3n) is 3.47. The molecule has 25 heavy (non-hydrogen) atoms. The zero-order chi connectivity index (χ0) is 18.2. The summed E-state index contributed by atoms with van der Waals surface area (Å²) >= 11 is 3.38. The van der Waals surface area contributed by atoms with Crippen molar-refractivity contribution in [1.82, 2.24) is 19.7 Å². The van der Waals surface area contributed by atoms with E-state index in [9.17, 15) is 13.2 Å². The number of hydrogen-bond donors (Lipinski definition) is 0. The van der Waals surface area contributed by atoms with Gasteiger partial charge in [-0.1, -0.05) is 12.1 Å². The van der Waals surface area contributed by atoms with Crippen molar-refractivity contribution in [2.24, 2.45) is 7.05 Å². The van der Waals surface area contributed by atoms with Crippen molar-refractivity contribution in [1.29, 1.82) is 0 Å². The van der Waals surface area contributed by atoms with E-state index in [1.165, 1.54) is 24.5 Å². The minimum Gasteiger partial charge on any atom is -0.406 e. The molecule has 0 saturated carbocycles. The molecule has 2 aromatic heterocycles. The zero-order valence-electron chi connectivity index (χ0n) is 13.3. The number of hydrogen-bond acceptors (Lipinski definition) is 5. The Morgan fingerprint density at radius 3 is 2.76 bits per heavy atom. The molecule has 3 aromatic rings. The molecule has 0 radical (unpaired) electrons. The number of aryl methyl sites for hydroxylation is 1. The van der Waals surface area contributed by atoms with Crippen LogP contribution >= 0.6 is 15.9 Å². The Labute approximate surface area is 149 Å². The van der Waals surface area contributed by atoms with Gasteiger partial charge in [-0.25, -0.2) is 14.6 Å². The minimum atomic E-state index is -4.72. The molecular weight excluding hydrogens is 403 g/mol. The second-order valence-electron chi connectivity index (χ2n) is 5.36. The quantitative estimate of drug-likeness (QED) is 0.650. The number of alkyl halides is 3. The van der Waals surface area contributed by atoms with Crippen molar-refractivity contribution < 1.29 is 17.9 Å². The molecule has 0 saturated heterocycles. The Hall–Kier alpha value is -2.36. The van der Waals surface area contributed by atoms with Crippen LogP contribution in [0.3, 0.4) is 0 Å². The first-order valence-corrected chi connectivity index (χ1v) is 7.93. The van der Waals surface area contributed by atoms with E-state index in [0.717, 1.165) is 5.39 Å². The number of halogens is 4. The fourth-order valence-corrected chi connectivity index (χ4v) is 3.10. The summed E-state index contributed by atoms with van der Waals surface area (Å²) in [6, 6.07) is 5.84. The average Bonchev–Trinajstić information content (AvgIpc) is 2.81. The maximum Gasteiger partial charge on any atom is 0.573 e. The van der Waals surface area contributed by atoms with Gasteiger partial charge in [0.15, 0.2) is 5.65 Å². The van der Waals surface area contributed by atoms with Crippen LogP contribution in [0.25, 0.3) is 11.0 Å². The molecule has 2 heterocycles. The highest BCUT2D eigenvalue weighted by Gasteiger charge is 2.31. The highest BCUT2D eigenvalue weighted by atomic mass is 79.9. The second kappa shape index (κ2) is 6.51. The molecule has 10 heteroatoms. The van der Waals surface area contributed by atoms with Crippen molar-refractivity contribution in [3.05, 3.63) is 40.8 Å². The summed E-state index contributed by atoms with van der Waals surface area (Å²) in [6.45, 7) is 0.336. The minimum absolute atomic E-state index is 0.256. The molecule has 0 amide bonds. The van der Waals surface area contributed by atoms with Gasteiger partial charge in [-0.3, -0.25) is 0 Å². The Kier molecular flexibility index (Phi) is 4.55. The number of ether oxygens (including phenoxy) is 1. The van der Waals surface area contributed by atoms with Crippen LogP contribution in [0, 0.1) is 0 Å². The highest BCUT2D eigenvalue weighted by molar-refractivity contribution is 9.10. The first kappa shape index (κ1) is 17.5. The maximum absolute atomic E-state index is 12.4. The number of anilines is 1. The zero-order valence-corrected chi connectivity index (χ0v) is 14.8. The van der Waals surface area contributed by atoms with Crippen LogP contribution < -0.4 is 9.64 Å². The van der Waals surface area contributed by atoms with Crippen molar-refractivity contribution in [2.75, 3.05) is 11.9 Å². The van der Waals surface area contributed by atoms with Gasteiger partial charge in [-0.15, -0.1) is 13.2 Å². The predicted octanol–water partition coefficient (Wildman–Crippen LogP) is 3.66. The molecule has 0 fully saturated rings. The molecule has 6 nitrogen and oxygen atoms in total. The van der Waals surface area contributed by atoms with Gasteiger partial charge in [-0.2, -0.15) is 5.10 Å². The van der Waals surface area contributed by atoms with Crippen LogP contribution in [0.5, 0.6) is 5.75 Å². The SMILES string of the molecule is CN(Cc1cccc(OC(F)(F)F)c1)c1ncnc2c1c(Br)nn2C. The van der Waals surface area contributed by atoms with Crippen molar-refractivity contribution >= 4 is 32.8 Å². The van der Waals surface area contributed by atoms with E-state index in [1.807, 2.05) is 4.90 Å². The summed E-state index contributed by atoms with van der Waals surface area (Å²) in [7, 11) is 3.56. The maximum atomic E-state index is 12.4. The van der Waals surface area contributed by atoms with Crippen molar-refractivity contribution in [2.45, 2.75) is 12.9 Å². The molecule has 1 aromatic carbocycles. The second-order valence-corrected chi connectivity index (χ2v) is 6.11. The first-order valence-electron chi connectivity index (χ1n) is 7.13. The van der Waals surface area contributed by atoms with Crippen molar-refractivity contribution in [3.63, 3.8) is 0 Å². The van der Waals surface area contributed by atoms with E-state index >= 15 is 0 Å². The molecular formula is C15H13BrF3N5O. The largest absolute Gasteiger partial charge is 0.573 e. The van der Waals surface area contributed by atoms with E-state index < -0.39 is 6.36 Å². The first-order chi connectivity index (χ1) is 11.7. The molecule has 0 aliphatic carbocycles. The molecule has 0 unspecified atom stereocenters. The Morgan fingerprint density at radius 2 is 2.04 bits per heavy atom. The molecule has 3 rings (SSSR count). The average molecular weight is 416 g/mol. The lowest BCUT2D eigenvalue weighted by molar-refractivity contribution is -0.274. The number of rotatable bonds is 4. The van der Waals surface area contributed by atoms with Gasteiger partial charge in [-0.05, 0) is 33.6 Å². The Balaban J connectivity index is 1.88. The van der Waals surface area contributed by atoms with Crippen LogP contribution in [-0.4, -0.2) is 33.2 Å². The van der Waals surface area contributed by atoms with Gasteiger partial charge < -0.3 is 9.64 Å². The van der Waals surface area contributed by atoms with Gasteiger partial charge in [0, 0.05) is 20.6 Å². The van der Waals surface area contributed by atoms with Gasteiger partial charge in [0.2, 0.25) is 0 Å². The van der Waals surface area contributed by atoms with E-state index in [-0.39, 0.29) is 5.75 Å².